The van der Waals surface area contributed by atoms with Crippen LogP contribution in [0, 0.1) is 0 Å². The van der Waals surface area contributed by atoms with Crippen LogP contribution >= 0.6 is 11.3 Å². The number of rotatable bonds is 6. The van der Waals surface area contributed by atoms with Crippen molar-refractivity contribution >= 4 is 27.3 Å². The maximum atomic E-state index is 12.9. The summed E-state index contributed by atoms with van der Waals surface area (Å²) in [5.41, 5.74) is 0. The predicted octanol–water partition coefficient (Wildman–Crippen LogP) is 3.00. The largest absolute Gasteiger partial charge is 0.351 e. The van der Waals surface area contributed by atoms with Gasteiger partial charge in [-0.05, 0) is 36.4 Å². The van der Waals surface area contributed by atoms with Crippen molar-refractivity contribution in [1.82, 2.24) is 9.62 Å². The van der Waals surface area contributed by atoms with Crippen molar-refractivity contribution in [3.05, 3.63) is 52.7 Å². The molecule has 1 N–H and O–H groups in total. The van der Waals surface area contributed by atoms with Gasteiger partial charge >= 0.3 is 0 Å². The maximum absolute atomic E-state index is 12.9. The van der Waals surface area contributed by atoms with Gasteiger partial charge in [-0.15, -0.1) is 11.3 Å². The van der Waals surface area contributed by atoms with Crippen LogP contribution in [0.15, 0.2) is 52.7 Å². The van der Waals surface area contributed by atoms with Crippen molar-refractivity contribution in [3.8, 4) is 0 Å². The van der Waals surface area contributed by atoms with Crippen LogP contribution in [0.25, 0.3) is 0 Å². The summed E-state index contributed by atoms with van der Waals surface area (Å²) in [6.07, 6.45) is 2.71. The molecule has 5 nitrogen and oxygen atoms in total. The molecule has 1 aromatic carbocycles. The van der Waals surface area contributed by atoms with Gasteiger partial charge in [0.05, 0.1) is 11.4 Å². The van der Waals surface area contributed by atoms with Gasteiger partial charge < -0.3 is 5.32 Å². The molecule has 0 bridgehead atoms. The Balaban J connectivity index is 1.67. The van der Waals surface area contributed by atoms with Gasteiger partial charge in [-0.3, -0.25) is 4.79 Å². The Bertz CT molecular complexity index is 789. The highest BCUT2D eigenvalue weighted by Crippen LogP contribution is 2.27. The summed E-state index contributed by atoms with van der Waals surface area (Å²) in [6, 6.07) is 12.1. The molecule has 1 fully saturated rings. The van der Waals surface area contributed by atoms with Crippen LogP contribution in [0.5, 0.6) is 0 Å². The molecule has 134 valence electrons. The number of nitrogens with zero attached hydrogens (tertiary/aromatic N) is 1. The van der Waals surface area contributed by atoms with Gasteiger partial charge in [0.1, 0.15) is 0 Å². The van der Waals surface area contributed by atoms with Crippen LogP contribution < -0.4 is 5.32 Å². The zero-order chi connectivity index (χ0) is 17.7. The average Bonchev–Trinajstić information content (AvgIpc) is 3.15. The third kappa shape index (κ3) is 4.48. The number of hydrogen-bond donors (Lipinski definition) is 1. The standard InChI is InChI=1S/C18H22N2O3S2/c21-18(19-14-16-8-6-12-24-16)13-15-7-4-5-11-20(15)25(22,23)17-9-2-1-3-10-17/h1-3,6,8-10,12,15H,4-5,7,11,13-14H2,(H,19,21)/t15-/m0/s1. The average molecular weight is 379 g/mol. The zero-order valence-electron chi connectivity index (χ0n) is 13.9. The van der Waals surface area contributed by atoms with Crippen LogP contribution in [0.4, 0.5) is 0 Å². The molecule has 0 saturated carbocycles. The Morgan fingerprint density at radius 3 is 2.68 bits per heavy atom. The van der Waals surface area contributed by atoms with Crippen LogP contribution in [-0.2, 0) is 21.4 Å². The number of piperidine rings is 1. The minimum atomic E-state index is -3.56. The highest BCUT2D eigenvalue weighted by atomic mass is 32.2. The molecule has 0 aliphatic carbocycles. The molecular formula is C18H22N2O3S2. The summed E-state index contributed by atoms with van der Waals surface area (Å²) in [6.45, 7) is 0.967. The summed E-state index contributed by atoms with van der Waals surface area (Å²) in [4.78, 5) is 13.7. The first-order valence-electron chi connectivity index (χ1n) is 8.43. The van der Waals surface area contributed by atoms with E-state index >= 15 is 0 Å². The van der Waals surface area contributed by atoms with Gasteiger partial charge in [-0.1, -0.05) is 30.7 Å². The molecule has 25 heavy (non-hydrogen) atoms. The Morgan fingerprint density at radius 1 is 1.16 bits per heavy atom. The van der Waals surface area contributed by atoms with Gasteiger partial charge in [0.2, 0.25) is 15.9 Å². The molecule has 7 heteroatoms. The number of benzene rings is 1. The molecular weight excluding hydrogens is 356 g/mol. The van der Waals surface area contributed by atoms with Crippen molar-refractivity contribution in [2.24, 2.45) is 0 Å². The third-order valence-electron chi connectivity index (χ3n) is 4.38. The monoisotopic (exact) mass is 378 g/mol. The second kappa shape index (κ2) is 8.12. The number of nitrogens with one attached hydrogen (secondary N) is 1. The van der Waals surface area contributed by atoms with Crippen LogP contribution in [-0.4, -0.2) is 31.2 Å². The van der Waals surface area contributed by atoms with Crippen LogP contribution in [0.3, 0.4) is 0 Å². The molecule has 1 saturated heterocycles. The van der Waals surface area contributed by atoms with Gasteiger partial charge in [0.25, 0.3) is 0 Å². The molecule has 1 aliphatic heterocycles. The number of hydrogen-bond acceptors (Lipinski definition) is 4. The third-order valence-corrected chi connectivity index (χ3v) is 7.23. The minimum Gasteiger partial charge on any atom is -0.351 e. The van der Waals surface area contributed by atoms with E-state index in [0.29, 0.717) is 18.0 Å². The van der Waals surface area contributed by atoms with E-state index in [9.17, 15) is 13.2 Å². The number of carbonyl (C=O) groups excluding carboxylic acids is 1. The Hall–Kier alpha value is -1.70. The van der Waals surface area contributed by atoms with E-state index in [-0.39, 0.29) is 18.4 Å². The summed E-state index contributed by atoms with van der Waals surface area (Å²) in [5.74, 6) is -0.103. The van der Waals surface area contributed by atoms with E-state index in [4.69, 9.17) is 0 Å². The minimum absolute atomic E-state index is 0.103. The lowest BCUT2D eigenvalue weighted by molar-refractivity contribution is -0.122. The highest BCUT2D eigenvalue weighted by Gasteiger charge is 2.34. The maximum Gasteiger partial charge on any atom is 0.243 e. The van der Waals surface area contributed by atoms with Gasteiger partial charge in [0, 0.05) is 23.9 Å². The van der Waals surface area contributed by atoms with Gasteiger partial charge in [-0.25, -0.2) is 8.42 Å². The molecule has 1 atom stereocenters. The van der Waals surface area contributed by atoms with Crippen molar-refractivity contribution < 1.29 is 13.2 Å². The fourth-order valence-corrected chi connectivity index (χ4v) is 5.47. The Kier molecular flexibility index (Phi) is 5.88. The van der Waals surface area contributed by atoms with E-state index in [1.807, 2.05) is 17.5 Å². The van der Waals surface area contributed by atoms with E-state index in [1.54, 1.807) is 41.7 Å². The fraction of sp³-hybridized carbons (Fsp3) is 0.389. The molecule has 1 amide bonds. The van der Waals surface area contributed by atoms with Gasteiger partial charge in [0.15, 0.2) is 0 Å². The van der Waals surface area contributed by atoms with E-state index in [2.05, 4.69) is 5.32 Å². The molecule has 1 aromatic heterocycles. The predicted molar refractivity (Wildman–Crippen MR) is 98.8 cm³/mol. The number of thiophene rings is 1. The van der Waals surface area contributed by atoms with Gasteiger partial charge in [-0.2, -0.15) is 4.31 Å². The number of sulfonamides is 1. The highest BCUT2D eigenvalue weighted by molar-refractivity contribution is 7.89. The van der Waals surface area contributed by atoms with Crippen molar-refractivity contribution in [1.29, 1.82) is 0 Å². The Morgan fingerprint density at radius 2 is 1.96 bits per heavy atom. The first kappa shape index (κ1) is 18.1. The summed E-state index contributed by atoms with van der Waals surface area (Å²) < 4.78 is 27.3. The van der Waals surface area contributed by atoms with Crippen LogP contribution in [0.1, 0.15) is 30.6 Å². The molecule has 0 radical (unpaired) electrons. The second-order valence-electron chi connectivity index (χ2n) is 6.14. The number of carbonyl (C=O) groups is 1. The molecule has 1 aliphatic rings. The normalized spacial score (nSPS) is 18.8. The van der Waals surface area contributed by atoms with E-state index < -0.39 is 10.0 Å². The SMILES string of the molecule is O=C(C[C@@H]1CCCCN1S(=O)(=O)c1ccccc1)NCc1cccs1. The molecule has 2 aromatic rings. The summed E-state index contributed by atoms with van der Waals surface area (Å²) in [7, 11) is -3.56. The van der Waals surface area contributed by atoms with E-state index in [0.717, 1.165) is 24.1 Å². The number of amides is 1. The van der Waals surface area contributed by atoms with Crippen LogP contribution in [0.2, 0.25) is 0 Å². The van der Waals surface area contributed by atoms with Crippen molar-refractivity contribution in [3.63, 3.8) is 0 Å². The smallest absolute Gasteiger partial charge is 0.243 e. The zero-order valence-corrected chi connectivity index (χ0v) is 15.6. The van der Waals surface area contributed by atoms with Crippen molar-refractivity contribution in [2.75, 3.05) is 6.54 Å². The molecule has 3 rings (SSSR count). The molecule has 0 unspecified atom stereocenters. The lowest BCUT2D eigenvalue weighted by atomic mass is 10.0. The Labute approximate surface area is 152 Å². The van der Waals surface area contributed by atoms with E-state index in [1.165, 1.54) is 4.31 Å². The first-order valence-corrected chi connectivity index (χ1v) is 10.8. The summed E-state index contributed by atoms with van der Waals surface area (Å²) >= 11 is 1.59. The second-order valence-corrected chi connectivity index (χ2v) is 9.06. The quantitative estimate of drug-likeness (QED) is 0.840. The van der Waals surface area contributed by atoms with Crippen molar-refractivity contribution in [2.45, 2.75) is 43.2 Å². The topological polar surface area (TPSA) is 66.5 Å². The fourth-order valence-electron chi connectivity index (χ4n) is 3.11. The summed E-state index contributed by atoms with van der Waals surface area (Å²) in [5, 5.41) is 4.86. The lowest BCUT2D eigenvalue weighted by Gasteiger charge is -2.34. The lowest BCUT2D eigenvalue weighted by Crippen LogP contribution is -2.45. The first-order chi connectivity index (χ1) is 12.1. The molecule has 2 heterocycles. The molecule has 0 spiro atoms.